The third kappa shape index (κ3) is 22.2. The summed E-state index contributed by atoms with van der Waals surface area (Å²) in [4.78, 5) is 0.625. The van der Waals surface area contributed by atoms with Crippen LogP contribution in [0.4, 0.5) is 0 Å². The van der Waals surface area contributed by atoms with Crippen LogP contribution in [0.1, 0.15) is 528 Å². The molecule has 802 valence electrons. The molecule has 0 bridgehead atoms. The molecule has 20 rings (SSSR count). The maximum atomic E-state index is 10.2. The topological polar surface area (TPSA) is 40.5 Å². The molecule has 0 aromatic heterocycles. The first-order valence-electron chi connectivity index (χ1n) is 63.6. The fourth-order valence-corrected chi connectivity index (χ4v) is 43.6. The monoisotopic (exact) mass is 2000 g/mol. The van der Waals surface area contributed by atoms with E-state index in [1.165, 1.54) is 308 Å². The molecule has 15 saturated carbocycles. The van der Waals surface area contributed by atoms with E-state index in [4.69, 9.17) is 0 Å². The largest absolute Gasteiger partial charge is 0.393 e. The average Bonchev–Trinajstić information content (AvgIpc) is 1.64. The predicted molar refractivity (Wildman–Crippen MR) is 613 cm³/mol. The summed E-state index contributed by atoms with van der Waals surface area (Å²) in [7, 11) is 0. The van der Waals surface area contributed by atoms with E-state index in [2.05, 4.69) is 252 Å². The quantitative estimate of drug-likeness (QED) is 0.0706. The fourth-order valence-electron chi connectivity index (χ4n) is 42.6. The lowest BCUT2D eigenvalue weighted by atomic mass is 9.46. The second kappa shape index (κ2) is 45.3. The molecular weight excluding hydrogens is 1770 g/mol. The molecule has 39 atom stereocenters. The second-order valence-electron chi connectivity index (χ2n) is 61.6. The summed E-state index contributed by atoms with van der Waals surface area (Å²) >= 11 is 4.24. The number of aliphatic hydroxyl groups excluding tert-OH is 2. The summed E-state index contributed by atoms with van der Waals surface area (Å²) in [5.41, 5.74) is 17.5. The molecule has 141 heavy (non-hydrogen) atoms. The van der Waals surface area contributed by atoms with Crippen LogP contribution in [0.15, 0.2) is 81.5 Å². The van der Waals surface area contributed by atoms with Crippen molar-refractivity contribution in [2.45, 2.75) is 545 Å². The zero-order valence-corrected chi connectivity index (χ0v) is 99.8. The van der Waals surface area contributed by atoms with Crippen molar-refractivity contribution in [1.29, 1.82) is 0 Å². The third-order valence-corrected chi connectivity index (χ3v) is 52.0. The molecule has 0 spiro atoms. The van der Waals surface area contributed by atoms with Gasteiger partial charge < -0.3 is 10.2 Å². The summed E-state index contributed by atoms with van der Waals surface area (Å²) in [6.07, 6.45) is 90.8. The van der Waals surface area contributed by atoms with E-state index in [9.17, 15) is 10.2 Å². The molecule has 0 radical (unpaired) electrons. The molecule has 0 saturated heterocycles. The van der Waals surface area contributed by atoms with Crippen molar-refractivity contribution in [3.63, 3.8) is 0 Å². The van der Waals surface area contributed by atoms with Crippen molar-refractivity contribution in [3.05, 3.63) is 81.5 Å². The maximum Gasteiger partial charge on any atom is 0.0578 e. The maximum absolute atomic E-state index is 10.2. The number of alkyl halides is 1. The first-order valence-corrected chi connectivity index (χ1v) is 64.5. The van der Waals surface area contributed by atoms with Gasteiger partial charge in [0, 0.05) is 4.83 Å². The number of halogens is 1. The van der Waals surface area contributed by atoms with Gasteiger partial charge in [-0.25, -0.2) is 0 Å². The number of aliphatic hydroxyl groups is 2. The van der Waals surface area contributed by atoms with Crippen molar-refractivity contribution in [3.8, 4) is 0 Å². The molecule has 2 N–H and O–H groups in total. The van der Waals surface area contributed by atoms with Gasteiger partial charge in [0.25, 0.3) is 0 Å². The minimum atomic E-state index is -0.106. The van der Waals surface area contributed by atoms with Gasteiger partial charge in [-0.05, 0) is 475 Å². The minimum absolute atomic E-state index is 0.0766. The SMILES string of the molecule is CC(C)CCC[C@@H](C)[C@H]1CCC2C3=CC=C4C[C@@H](C)CC[C@]4(C)C3CC[C@@]21C.CC(C)CCC[C@@H](C)[C@H]1CCC2C3=CC=C4C[C@@H](O)CC[C@]4(C)C3CC[C@@]21C.CC(C)CCC[C@@H](C)[C@H]1CCC2C3C(Br)C=C4C[C@@H](C)CC[C@]4(C)C3CC[C@@]21C.CC(C)CCC[C@@H](C)[C@H]1CCC2C3CC=C4C[C@@H](C)CC[C@]4(C)C3CC[C@@]21C.CC(C)CCC[C@@H](C)[C@H]1CCC2C3CC=C4C[C@@H](O)CC[C@]4(C)C3CC[C@@]21C. The van der Waals surface area contributed by atoms with Crippen molar-refractivity contribution < 1.29 is 10.2 Å². The van der Waals surface area contributed by atoms with E-state index >= 15 is 0 Å². The fraction of sp³-hybridized carbons (Fsp3) is 0.899. The normalized spacial score (nSPS) is 45.7. The average molecular weight is 2000 g/mol. The van der Waals surface area contributed by atoms with E-state index < -0.39 is 0 Å². The van der Waals surface area contributed by atoms with E-state index in [0.29, 0.717) is 59.0 Å². The highest BCUT2D eigenvalue weighted by molar-refractivity contribution is 9.09. The van der Waals surface area contributed by atoms with Gasteiger partial charge in [-0.3, -0.25) is 0 Å². The van der Waals surface area contributed by atoms with Gasteiger partial charge >= 0.3 is 0 Å². The van der Waals surface area contributed by atoms with Gasteiger partial charge in [0.1, 0.15) is 0 Å². The molecule has 20 aliphatic rings. The molecule has 0 amide bonds. The van der Waals surface area contributed by atoms with Crippen LogP contribution in [0.3, 0.4) is 0 Å². The van der Waals surface area contributed by atoms with E-state index in [-0.39, 0.29) is 12.2 Å². The lowest BCUT2D eigenvalue weighted by molar-refractivity contribution is -0.0573. The molecule has 3 heteroatoms. The number of hydrogen-bond donors (Lipinski definition) is 2. The van der Waals surface area contributed by atoms with Gasteiger partial charge in [0.15, 0.2) is 0 Å². The highest BCUT2D eigenvalue weighted by Crippen LogP contribution is 2.75. The van der Waals surface area contributed by atoms with Crippen molar-refractivity contribution in [1.82, 2.24) is 0 Å². The zero-order valence-electron chi connectivity index (χ0n) is 98.2. The lowest BCUT2D eigenvalue weighted by Gasteiger charge is -2.59. The Balaban J connectivity index is 0.000000127. The molecule has 15 fully saturated rings. The Bertz CT molecular complexity index is 4110. The van der Waals surface area contributed by atoms with E-state index in [1.54, 1.807) is 22.3 Å². The van der Waals surface area contributed by atoms with Gasteiger partial charge in [0.2, 0.25) is 0 Å². The summed E-state index contributed by atoms with van der Waals surface area (Å²) in [5, 5.41) is 20.4. The molecule has 20 aliphatic carbocycles. The Hall–Kier alpha value is -1.42. The summed E-state index contributed by atoms with van der Waals surface area (Å²) in [6, 6.07) is 0. The Morgan fingerprint density at radius 1 is 0.270 bits per heavy atom. The Labute approximate surface area is 883 Å². The van der Waals surface area contributed by atoms with Crippen LogP contribution in [-0.2, 0) is 0 Å². The molecule has 0 heterocycles. The van der Waals surface area contributed by atoms with Crippen molar-refractivity contribution in [2.75, 3.05) is 0 Å². The van der Waals surface area contributed by atoms with Crippen LogP contribution in [0.25, 0.3) is 0 Å². The number of fused-ring (bicyclic) bond motifs is 25. The molecule has 0 aromatic carbocycles. The van der Waals surface area contributed by atoms with Crippen molar-refractivity contribution >= 4 is 15.9 Å². The van der Waals surface area contributed by atoms with Gasteiger partial charge in [-0.1, -0.05) is 388 Å². The molecule has 0 aromatic rings. The smallest absolute Gasteiger partial charge is 0.0578 e. The predicted octanol–water partition coefficient (Wildman–Crippen LogP) is 41.0. The number of hydrogen-bond acceptors (Lipinski definition) is 2. The first kappa shape index (κ1) is 112. The minimum Gasteiger partial charge on any atom is -0.393 e. The van der Waals surface area contributed by atoms with Crippen LogP contribution < -0.4 is 0 Å². The first-order chi connectivity index (χ1) is 66.7. The van der Waals surface area contributed by atoms with Crippen LogP contribution in [0.2, 0.25) is 0 Å². The van der Waals surface area contributed by atoms with E-state index in [0.717, 1.165) is 209 Å². The Kier molecular flexibility index (Phi) is 36.1. The lowest BCUT2D eigenvalue weighted by Crippen LogP contribution is -2.53. The van der Waals surface area contributed by atoms with Gasteiger partial charge in [0.05, 0.1) is 12.2 Å². The summed E-state index contributed by atoms with van der Waals surface area (Å²) in [6.45, 7) is 70.6. The number of allylic oxidation sites excluding steroid dienone is 12. The standard InChI is InChI=1S/C28H47Br.C28H48.C28H46.C27H46O.C27H44O/c1-18(2)8-7-9-20(4)22-10-11-23-26-24(13-15-28(22,23)6)27(5)14-12-19(3)16-21(27)17-25(26)29;2*1-19(2)8-7-9-21(4)24-12-13-25-23-11-10-22-18-20(3)14-16-27(22,5)26(23)15-17-28(24,25)6;2*1-18(2)7-6-8-19(3)23-11-12-24-22-10-9-20-17-21(28)13-15-26(20,4)25(22)14-16-27(23,24)5/h17-20,22-26H,7-16H2,1-6H3;10,19-21,23-26H,7-9,11-18H2,1-6H3;10-11,19-21,24-26H,7-9,12-18H2,1-6H3;9,18-19,21-25,28H,6-8,10-17H2,1-5H3;9-10,18-19,21,23-25,28H,6-8,11-17H2,1-5H3/t19-,20+,22+,23?,24?,25?,26?,27-,28+;20-,21+,23?,24+,25?,26?,27-,28+;20-,21+,24+,25?,26?,27-,28+;19-,21+,22?,23-,24?,25?,26+,27-;19-,21+,23-,24?,25?,26+,27-/m00011/s1. The molecular formula is C138H231BrO2. The van der Waals surface area contributed by atoms with Crippen molar-refractivity contribution in [2.24, 2.45) is 238 Å². The van der Waals surface area contributed by atoms with Crippen LogP contribution in [-0.4, -0.2) is 27.2 Å². The molecule has 14 unspecified atom stereocenters. The highest BCUT2D eigenvalue weighted by Gasteiger charge is 2.66. The van der Waals surface area contributed by atoms with Crippen LogP contribution in [0.5, 0.6) is 0 Å². The molecule has 0 aliphatic heterocycles. The highest BCUT2D eigenvalue weighted by atomic mass is 79.9. The Morgan fingerprint density at radius 3 is 0.950 bits per heavy atom. The third-order valence-electron chi connectivity index (χ3n) is 51.1. The van der Waals surface area contributed by atoms with Crippen LogP contribution >= 0.6 is 15.9 Å². The number of rotatable bonds is 25. The Morgan fingerprint density at radius 2 is 0.560 bits per heavy atom. The van der Waals surface area contributed by atoms with Crippen LogP contribution in [0, 0.1) is 238 Å². The summed E-state index contributed by atoms with van der Waals surface area (Å²) < 4.78 is 0. The zero-order chi connectivity index (χ0) is 101. The molecule has 2 nitrogen and oxygen atoms in total. The summed E-state index contributed by atoms with van der Waals surface area (Å²) in [5.74, 6) is 28.1. The van der Waals surface area contributed by atoms with Gasteiger partial charge in [-0.15, -0.1) is 0 Å². The van der Waals surface area contributed by atoms with Gasteiger partial charge in [-0.2, -0.15) is 0 Å². The second-order valence-corrected chi connectivity index (χ2v) is 62.7. The van der Waals surface area contributed by atoms with E-state index in [1.807, 2.05) is 16.7 Å².